The van der Waals surface area contributed by atoms with Gasteiger partial charge in [0.2, 0.25) is 0 Å². The number of carbonyl (C=O) groups is 1. The Bertz CT molecular complexity index is 552. The molecule has 4 heteroatoms. The van der Waals surface area contributed by atoms with Crippen molar-refractivity contribution >= 4 is 27.9 Å². The summed E-state index contributed by atoms with van der Waals surface area (Å²) in [5, 5.41) is -0.475. The molecule has 0 amide bonds. The van der Waals surface area contributed by atoms with Crippen molar-refractivity contribution in [2.75, 3.05) is 0 Å². The Kier molecular flexibility index (Phi) is 2.40. The standard InChI is InChI=1S/C11H9ClN2O/c1-6-7(2)14-10-5-8(11(12)15)3-4-9(10)13-6/h3-5H,1-2H3. The van der Waals surface area contributed by atoms with Gasteiger partial charge in [-0.15, -0.1) is 0 Å². The van der Waals surface area contributed by atoms with Gasteiger partial charge in [0.15, 0.2) is 0 Å². The Hall–Kier alpha value is -1.48. The van der Waals surface area contributed by atoms with Gasteiger partial charge >= 0.3 is 0 Å². The lowest BCUT2D eigenvalue weighted by Gasteiger charge is -2.02. The number of rotatable bonds is 1. The van der Waals surface area contributed by atoms with Crippen LogP contribution in [0.15, 0.2) is 18.2 Å². The minimum atomic E-state index is -0.475. The lowest BCUT2D eigenvalue weighted by atomic mass is 10.2. The number of carbonyl (C=O) groups excluding carboxylic acids is 1. The molecular weight excluding hydrogens is 212 g/mol. The Balaban J connectivity index is 2.72. The van der Waals surface area contributed by atoms with Crippen LogP contribution in [0.1, 0.15) is 21.7 Å². The maximum absolute atomic E-state index is 11.0. The van der Waals surface area contributed by atoms with Gasteiger partial charge in [-0.1, -0.05) is 0 Å². The van der Waals surface area contributed by atoms with E-state index < -0.39 is 5.24 Å². The van der Waals surface area contributed by atoms with Crippen LogP contribution in [0.4, 0.5) is 0 Å². The quantitative estimate of drug-likeness (QED) is 0.694. The second kappa shape index (κ2) is 3.59. The molecule has 0 fully saturated rings. The number of benzene rings is 1. The van der Waals surface area contributed by atoms with Crippen LogP contribution in [0.25, 0.3) is 11.0 Å². The third-order valence-electron chi connectivity index (χ3n) is 2.30. The normalized spacial score (nSPS) is 10.6. The molecule has 1 aromatic heterocycles. The molecule has 1 heterocycles. The molecule has 0 saturated carbocycles. The Morgan fingerprint density at radius 3 is 2.33 bits per heavy atom. The first-order chi connectivity index (χ1) is 7.08. The maximum Gasteiger partial charge on any atom is 0.252 e. The van der Waals surface area contributed by atoms with E-state index in [4.69, 9.17) is 11.6 Å². The molecule has 0 aliphatic rings. The van der Waals surface area contributed by atoms with Crippen LogP contribution in [0.2, 0.25) is 0 Å². The predicted molar refractivity (Wildman–Crippen MR) is 59.2 cm³/mol. The minimum Gasteiger partial charge on any atom is -0.276 e. The lowest BCUT2D eigenvalue weighted by molar-refractivity contribution is 0.108. The fraction of sp³-hybridized carbons (Fsp3) is 0.182. The molecule has 0 aliphatic heterocycles. The number of nitrogens with zero attached hydrogens (tertiary/aromatic N) is 2. The Morgan fingerprint density at radius 2 is 1.73 bits per heavy atom. The highest BCUT2D eigenvalue weighted by molar-refractivity contribution is 6.67. The third-order valence-corrected chi connectivity index (χ3v) is 2.52. The summed E-state index contributed by atoms with van der Waals surface area (Å²) in [6.07, 6.45) is 0. The summed E-state index contributed by atoms with van der Waals surface area (Å²) in [6, 6.07) is 5.07. The van der Waals surface area contributed by atoms with Gasteiger partial charge in [0, 0.05) is 5.56 Å². The molecular formula is C11H9ClN2O. The van der Waals surface area contributed by atoms with Crippen LogP contribution in [0, 0.1) is 13.8 Å². The minimum absolute atomic E-state index is 0.446. The summed E-state index contributed by atoms with van der Waals surface area (Å²) < 4.78 is 0. The highest BCUT2D eigenvalue weighted by atomic mass is 35.5. The van der Waals surface area contributed by atoms with Gasteiger partial charge in [-0.3, -0.25) is 4.79 Å². The largest absolute Gasteiger partial charge is 0.276 e. The highest BCUT2D eigenvalue weighted by Crippen LogP contribution is 2.15. The molecule has 2 aromatic rings. The Labute approximate surface area is 92.1 Å². The summed E-state index contributed by atoms with van der Waals surface area (Å²) >= 11 is 5.39. The van der Waals surface area contributed by atoms with Crippen LogP contribution in [-0.2, 0) is 0 Å². The van der Waals surface area contributed by atoms with Gasteiger partial charge in [0.05, 0.1) is 22.4 Å². The summed E-state index contributed by atoms with van der Waals surface area (Å²) in [7, 11) is 0. The van der Waals surface area contributed by atoms with E-state index in [2.05, 4.69) is 9.97 Å². The molecule has 0 aliphatic carbocycles. The summed E-state index contributed by atoms with van der Waals surface area (Å²) in [5.41, 5.74) is 3.68. The molecule has 0 bridgehead atoms. The smallest absolute Gasteiger partial charge is 0.252 e. The predicted octanol–water partition coefficient (Wildman–Crippen LogP) is 2.63. The third kappa shape index (κ3) is 1.83. The van der Waals surface area contributed by atoms with Crippen molar-refractivity contribution in [3.05, 3.63) is 35.2 Å². The van der Waals surface area contributed by atoms with Gasteiger partial charge in [0.25, 0.3) is 5.24 Å². The van der Waals surface area contributed by atoms with E-state index in [1.165, 1.54) is 0 Å². The molecule has 0 radical (unpaired) electrons. The number of aromatic nitrogens is 2. The van der Waals surface area contributed by atoms with Crippen molar-refractivity contribution in [2.24, 2.45) is 0 Å². The van der Waals surface area contributed by atoms with Crippen molar-refractivity contribution in [2.45, 2.75) is 13.8 Å². The maximum atomic E-state index is 11.0. The summed E-state index contributed by atoms with van der Waals surface area (Å²) in [6.45, 7) is 3.79. The zero-order chi connectivity index (χ0) is 11.0. The number of hydrogen-bond donors (Lipinski definition) is 0. The number of aryl methyl sites for hydroxylation is 2. The van der Waals surface area contributed by atoms with Crippen molar-refractivity contribution in [3.63, 3.8) is 0 Å². The number of hydrogen-bond acceptors (Lipinski definition) is 3. The van der Waals surface area contributed by atoms with E-state index in [0.717, 1.165) is 16.9 Å². The molecule has 0 unspecified atom stereocenters. The zero-order valence-corrected chi connectivity index (χ0v) is 9.17. The second-order valence-corrected chi connectivity index (χ2v) is 3.71. The average molecular weight is 221 g/mol. The van der Waals surface area contributed by atoms with Crippen LogP contribution < -0.4 is 0 Å². The first-order valence-electron chi connectivity index (χ1n) is 4.53. The van der Waals surface area contributed by atoms with E-state index in [-0.39, 0.29) is 0 Å². The van der Waals surface area contributed by atoms with Gasteiger partial charge in [-0.2, -0.15) is 0 Å². The van der Waals surface area contributed by atoms with E-state index in [0.29, 0.717) is 11.1 Å². The molecule has 0 N–H and O–H groups in total. The molecule has 0 spiro atoms. The average Bonchev–Trinajstić information content (AvgIpc) is 2.19. The van der Waals surface area contributed by atoms with Crippen LogP contribution in [-0.4, -0.2) is 15.2 Å². The topological polar surface area (TPSA) is 42.9 Å². The summed E-state index contributed by atoms with van der Waals surface area (Å²) in [5.74, 6) is 0. The molecule has 2 rings (SSSR count). The molecule has 76 valence electrons. The van der Waals surface area contributed by atoms with Crippen molar-refractivity contribution in [1.82, 2.24) is 9.97 Å². The second-order valence-electron chi connectivity index (χ2n) is 3.37. The van der Waals surface area contributed by atoms with E-state index >= 15 is 0 Å². The zero-order valence-electron chi connectivity index (χ0n) is 8.41. The Morgan fingerprint density at radius 1 is 1.13 bits per heavy atom. The molecule has 0 saturated heterocycles. The van der Waals surface area contributed by atoms with Crippen LogP contribution in [0.5, 0.6) is 0 Å². The van der Waals surface area contributed by atoms with E-state index in [9.17, 15) is 4.79 Å². The van der Waals surface area contributed by atoms with Gasteiger partial charge in [0.1, 0.15) is 0 Å². The van der Waals surface area contributed by atoms with Crippen molar-refractivity contribution in [1.29, 1.82) is 0 Å². The van der Waals surface area contributed by atoms with E-state index in [1.54, 1.807) is 18.2 Å². The lowest BCUT2D eigenvalue weighted by Crippen LogP contribution is -1.95. The summed E-state index contributed by atoms with van der Waals surface area (Å²) in [4.78, 5) is 19.7. The van der Waals surface area contributed by atoms with E-state index in [1.807, 2.05) is 13.8 Å². The van der Waals surface area contributed by atoms with Gasteiger partial charge in [-0.05, 0) is 43.6 Å². The van der Waals surface area contributed by atoms with Crippen molar-refractivity contribution < 1.29 is 4.79 Å². The van der Waals surface area contributed by atoms with Crippen LogP contribution in [0.3, 0.4) is 0 Å². The fourth-order valence-electron chi connectivity index (χ4n) is 1.35. The highest BCUT2D eigenvalue weighted by Gasteiger charge is 2.05. The monoisotopic (exact) mass is 220 g/mol. The van der Waals surface area contributed by atoms with Crippen molar-refractivity contribution in [3.8, 4) is 0 Å². The molecule has 15 heavy (non-hydrogen) atoms. The van der Waals surface area contributed by atoms with Gasteiger partial charge in [-0.25, -0.2) is 9.97 Å². The first-order valence-corrected chi connectivity index (χ1v) is 4.90. The number of fused-ring (bicyclic) bond motifs is 1. The molecule has 3 nitrogen and oxygen atoms in total. The number of halogens is 1. The van der Waals surface area contributed by atoms with Crippen LogP contribution >= 0.6 is 11.6 Å². The first kappa shape index (κ1) is 10.1. The van der Waals surface area contributed by atoms with Gasteiger partial charge < -0.3 is 0 Å². The molecule has 0 atom stereocenters. The SMILES string of the molecule is Cc1nc2ccc(C(=O)Cl)cc2nc1C. The fourth-order valence-corrected chi connectivity index (χ4v) is 1.47. The molecule has 1 aromatic carbocycles.